The monoisotopic (exact) mass is 138 g/mol. The molecule has 0 spiro atoms. The summed E-state index contributed by atoms with van der Waals surface area (Å²) in [4.78, 5) is 0. The largest absolute Gasteiger partial charge is 0.0654 e. The molecule has 2 rings (SSSR count). The zero-order chi connectivity index (χ0) is 7.14. The first-order valence-corrected chi connectivity index (χ1v) is 4.83. The smallest absolute Gasteiger partial charge is 0.0354 e. The second-order valence-corrected chi connectivity index (χ2v) is 4.30. The highest BCUT2D eigenvalue weighted by molar-refractivity contribution is 4.99. The van der Waals surface area contributed by atoms with Gasteiger partial charge in [-0.1, -0.05) is 26.7 Å². The molecule has 4 atom stereocenters. The van der Waals surface area contributed by atoms with E-state index in [0.717, 1.165) is 17.8 Å². The Labute approximate surface area is 64.0 Å². The minimum atomic E-state index is 1.07. The van der Waals surface area contributed by atoms with E-state index < -0.39 is 0 Å². The molecule has 0 heteroatoms. The molecular formula is C10H18. The lowest BCUT2D eigenvalue weighted by Gasteiger charge is -2.16. The molecule has 0 aromatic rings. The van der Waals surface area contributed by atoms with Crippen molar-refractivity contribution >= 4 is 0 Å². The molecule has 0 aromatic carbocycles. The van der Waals surface area contributed by atoms with Crippen molar-refractivity contribution in [1.82, 2.24) is 0 Å². The zero-order valence-electron chi connectivity index (χ0n) is 7.14. The maximum atomic E-state index is 2.47. The fourth-order valence-electron chi connectivity index (χ4n) is 2.89. The van der Waals surface area contributed by atoms with Gasteiger partial charge >= 0.3 is 0 Å². The molecule has 2 saturated carbocycles. The maximum absolute atomic E-state index is 2.47. The Morgan fingerprint density at radius 3 is 2.60 bits per heavy atom. The predicted octanol–water partition coefficient (Wildman–Crippen LogP) is 3.08. The Balaban J connectivity index is 1.88. The fourth-order valence-corrected chi connectivity index (χ4v) is 2.89. The lowest BCUT2D eigenvalue weighted by atomic mass is 9.89. The van der Waals surface area contributed by atoms with Crippen LogP contribution < -0.4 is 0 Å². The van der Waals surface area contributed by atoms with Gasteiger partial charge in [0.25, 0.3) is 0 Å². The first-order chi connectivity index (χ1) is 4.83. The van der Waals surface area contributed by atoms with Crippen LogP contribution in [0.15, 0.2) is 0 Å². The standard InChI is InChI=1S/C10H18/c1-3-4-8-5-9-6-10(9)7(8)2/h7-10H,3-6H2,1-2H3. The van der Waals surface area contributed by atoms with E-state index in [0.29, 0.717) is 0 Å². The van der Waals surface area contributed by atoms with Gasteiger partial charge in [-0.05, 0) is 36.5 Å². The molecule has 2 aliphatic carbocycles. The SMILES string of the molecule is CCCC1CC2CC2C1C. The summed E-state index contributed by atoms with van der Waals surface area (Å²) in [6, 6.07) is 0. The van der Waals surface area contributed by atoms with Crippen LogP contribution in [-0.2, 0) is 0 Å². The molecule has 0 aromatic heterocycles. The lowest BCUT2D eigenvalue weighted by molar-refractivity contribution is 0.338. The number of fused-ring (bicyclic) bond motifs is 1. The van der Waals surface area contributed by atoms with Crippen molar-refractivity contribution in [3.63, 3.8) is 0 Å². The zero-order valence-corrected chi connectivity index (χ0v) is 7.14. The van der Waals surface area contributed by atoms with Crippen molar-refractivity contribution in [2.24, 2.45) is 23.7 Å². The quantitative estimate of drug-likeness (QED) is 0.550. The Hall–Kier alpha value is 0. The molecule has 2 fully saturated rings. The van der Waals surface area contributed by atoms with Crippen LogP contribution in [0.2, 0.25) is 0 Å². The molecule has 2 aliphatic rings. The normalized spacial score (nSPS) is 51.0. The van der Waals surface area contributed by atoms with E-state index in [4.69, 9.17) is 0 Å². The molecule has 0 bridgehead atoms. The molecule has 0 saturated heterocycles. The van der Waals surface area contributed by atoms with Crippen molar-refractivity contribution in [1.29, 1.82) is 0 Å². The van der Waals surface area contributed by atoms with Gasteiger partial charge in [0, 0.05) is 0 Å². The summed E-state index contributed by atoms with van der Waals surface area (Å²) >= 11 is 0. The first kappa shape index (κ1) is 6.69. The fraction of sp³-hybridized carbons (Fsp3) is 1.00. The van der Waals surface area contributed by atoms with Gasteiger partial charge in [0.2, 0.25) is 0 Å². The Kier molecular flexibility index (Phi) is 1.51. The second kappa shape index (κ2) is 2.25. The Bertz CT molecular complexity index is 128. The Morgan fingerprint density at radius 2 is 2.10 bits per heavy atom. The highest BCUT2D eigenvalue weighted by Crippen LogP contribution is 2.58. The van der Waals surface area contributed by atoms with Gasteiger partial charge in [0.1, 0.15) is 0 Å². The summed E-state index contributed by atoms with van der Waals surface area (Å²) in [7, 11) is 0. The molecule has 4 unspecified atom stereocenters. The molecule has 58 valence electrons. The third kappa shape index (κ3) is 0.889. The van der Waals surface area contributed by atoms with Gasteiger partial charge in [-0.3, -0.25) is 0 Å². The molecule has 0 aliphatic heterocycles. The lowest BCUT2D eigenvalue weighted by Crippen LogP contribution is -2.07. The number of hydrogen-bond acceptors (Lipinski definition) is 0. The van der Waals surface area contributed by atoms with Gasteiger partial charge < -0.3 is 0 Å². The van der Waals surface area contributed by atoms with E-state index in [2.05, 4.69) is 13.8 Å². The first-order valence-electron chi connectivity index (χ1n) is 4.83. The van der Waals surface area contributed by atoms with Crippen LogP contribution in [0.25, 0.3) is 0 Å². The second-order valence-electron chi connectivity index (χ2n) is 4.30. The van der Waals surface area contributed by atoms with E-state index in [1.165, 1.54) is 18.8 Å². The van der Waals surface area contributed by atoms with Gasteiger partial charge in [-0.15, -0.1) is 0 Å². The van der Waals surface area contributed by atoms with E-state index in [1.807, 2.05) is 0 Å². The average molecular weight is 138 g/mol. The molecule has 0 radical (unpaired) electrons. The van der Waals surface area contributed by atoms with Crippen LogP contribution in [0.5, 0.6) is 0 Å². The maximum Gasteiger partial charge on any atom is -0.0354 e. The van der Waals surface area contributed by atoms with Gasteiger partial charge in [0.15, 0.2) is 0 Å². The molecule has 0 amide bonds. The van der Waals surface area contributed by atoms with Crippen LogP contribution in [0, 0.1) is 23.7 Å². The summed E-state index contributed by atoms with van der Waals surface area (Å²) in [5.41, 5.74) is 0. The number of rotatable bonds is 2. The molecule has 0 N–H and O–H groups in total. The van der Waals surface area contributed by atoms with Crippen molar-refractivity contribution < 1.29 is 0 Å². The van der Waals surface area contributed by atoms with Crippen LogP contribution >= 0.6 is 0 Å². The average Bonchev–Trinajstić information content (AvgIpc) is 2.60. The highest BCUT2D eigenvalue weighted by atomic mass is 14.5. The minimum Gasteiger partial charge on any atom is -0.0654 e. The van der Waals surface area contributed by atoms with Crippen molar-refractivity contribution in [2.75, 3.05) is 0 Å². The molecule has 0 heterocycles. The van der Waals surface area contributed by atoms with Crippen molar-refractivity contribution in [2.45, 2.75) is 39.5 Å². The van der Waals surface area contributed by atoms with E-state index >= 15 is 0 Å². The van der Waals surface area contributed by atoms with E-state index in [-0.39, 0.29) is 0 Å². The van der Waals surface area contributed by atoms with Crippen LogP contribution in [0.1, 0.15) is 39.5 Å². The molecule has 10 heavy (non-hydrogen) atoms. The van der Waals surface area contributed by atoms with Crippen LogP contribution in [-0.4, -0.2) is 0 Å². The van der Waals surface area contributed by atoms with Crippen molar-refractivity contribution in [3.05, 3.63) is 0 Å². The van der Waals surface area contributed by atoms with E-state index in [1.54, 1.807) is 12.8 Å². The van der Waals surface area contributed by atoms with E-state index in [9.17, 15) is 0 Å². The predicted molar refractivity (Wildman–Crippen MR) is 43.8 cm³/mol. The summed E-state index contributed by atoms with van der Waals surface area (Å²) in [6.07, 6.45) is 6.03. The van der Waals surface area contributed by atoms with Gasteiger partial charge in [0.05, 0.1) is 0 Å². The molecule has 0 nitrogen and oxygen atoms in total. The topological polar surface area (TPSA) is 0 Å². The third-order valence-electron chi connectivity index (χ3n) is 3.66. The van der Waals surface area contributed by atoms with Gasteiger partial charge in [-0.25, -0.2) is 0 Å². The minimum absolute atomic E-state index is 1.07. The van der Waals surface area contributed by atoms with Gasteiger partial charge in [-0.2, -0.15) is 0 Å². The Morgan fingerprint density at radius 1 is 1.30 bits per heavy atom. The van der Waals surface area contributed by atoms with Crippen LogP contribution in [0.3, 0.4) is 0 Å². The molecular weight excluding hydrogens is 120 g/mol. The number of hydrogen-bond donors (Lipinski definition) is 0. The summed E-state index contributed by atoms with van der Waals surface area (Å²) < 4.78 is 0. The summed E-state index contributed by atoms with van der Waals surface area (Å²) in [6.45, 7) is 4.79. The summed E-state index contributed by atoms with van der Waals surface area (Å²) in [5.74, 6) is 4.52. The summed E-state index contributed by atoms with van der Waals surface area (Å²) in [5, 5.41) is 0. The highest BCUT2D eigenvalue weighted by Gasteiger charge is 2.50. The third-order valence-corrected chi connectivity index (χ3v) is 3.66. The van der Waals surface area contributed by atoms with Crippen molar-refractivity contribution in [3.8, 4) is 0 Å². The van der Waals surface area contributed by atoms with Crippen LogP contribution in [0.4, 0.5) is 0 Å².